The van der Waals surface area contributed by atoms with Gasteiger partial charge in [0.25, 0.3) is 0 Å². The van der Waals surface area contributed by atoms with Crippen molar-refractivity contribution in [2.24, 2.45) is 5.41 Å². The van der Waals surface area contributed by atoms with E-state index in [0.717, 1.165) is 6.92 Å². The van der Waals surface area contributed by atoms with Gasteiger partial charge in [-0.15, -0.1) is 0 Å². The van der Waals surface area contributed by atoms with Crippen LogP contribution < -0.4 is 10.6 Å². The van der Waals surface area contributed by atoms with E-state index in [9.17, 15) is 19.5 Å². The molecule has 4 N–H and O–H groups in total. The Hall–Kier alpha value is -1.63. The molecule has 0 rings (SSSR count). The fourth-order valence-corrected chi connectivity index (χ4v) is 1.15. The third kappa shape index (κ3) is 7.08. The fourth-order valence-electron chi connectivity index (χ4n) is 1.15. The molecule has 0 aromatic rings. The quantitative estimate of drug-likeness (QED) is 0.487. The second kappa shape index (κ2) is 7.23. The van der Waals surface area contributed by atoms with Gasteiger partial charge in [-0.1, -0.05) is 20.8 Å². The molecule has 0 saturated heterocycles. The lowest BCUT2D eigenvalue weighted by atomic mass is 9.96. The van der Waals surface area contributed by atoms with Crippen molar-refractivity contribution in [1.29, 1.82) is 0 Å². The minimum Gasteiger partial charge on any atom is -0.479 e. The third-order valence-corrected chi connectivity index (χ3v) is 2.64. The number of rotatable bonds is 7. The highest BCUT2D eigenvalue weighted by atomic mass is 16.4. The number of amides is 2. The summed E-state index contributed by atoms with van der Waals surface area (Å²) in [5.74, 6) is -1.85. The predicted molar refractivity (Wildman–Crippen MR) is 73.0 cm³/mol. The number of carboxylic acids is 1. The van der Waals surface area contributed by atoms with E-state index in [0.29, 0.717) is 13.0 Å². The van der Waals surface area contributed by atoms with Crippen LogP contribution in [-0.2, 0) is 14.4 Å². The summed E-state index contributed by atoms with van der Waals surface area (Å²) >= 11 is 0. The molecule has 1 atom stereocenters. The second-order valence-corrected chi connectivity index (χ2v) is 5.97. The fraction of sp³-hybridized carbons (Fsp3) is 0.769. The topological polar surface area (TPSA) is 116 Å². The molecule has 0 saturated carbocycles. The highest BCUT2D eigenvalue weighted by Gasteiger charge is 2.30. The van der Waals surface area contributed by atoms with E-state index < -0.39 is 17.0 Å². The molecule has 0 bridgehead atoms. The van der Waals surface area contributed by atoms with Crippen molar-refractivity contribution >= 4 is 17.8 Å². The molecule has 0 aromatic heterocycles. The summed E-state index contributed by atoms with van der Waals surface area (Å²) in [4.78, 5) is 33.6. The van der Waals surface area contributed by atoms with Crippen LogP contribution in [0.3, 0.4) is 0 Å². The van der Waals surface area contributed by atoms with Crippen molar-refractivity contribution in [2.75, 3.05) is 13.1 Å². The zero-order valence-corrected chi connectivity index (χ0v) is 12.4. The van der Waals surface area contributed by atoms with Gasteiger partial charge in [0.1, 0.15) is 0 Å². The molecule has 7 nitrogen and oxygen atoms in total. The summed E-state index contributed by atoms with van der Waals surface area (Å²) in [6, 6.07) is 0. The maximum atomic E-state index is 11.5. The second-order valence-electron chi connectivity index (χ2n) is 5.97. The summed E-state index contributed by atoms with van der Waals surface area (Å²) in [7, 11) is 0. The van der Waals surface area contributed by atoms with Gasteiger partial charge in [0.2, 0.25) is 11.8 Å². The Balaban J connectivity index is 3.86. The maximum absolute atomic E-state index is 11.5. The van der Waals surface area contributed by atoms with Crippen LogP contribution in [0.15, 0.2) is 0 Å². The van der Waals surface area contributed by atoms with Crippen LogP contribution in [-0.4, -0.2) is 46.7 Å². The summed E-state index contributed by atoms with van der Waals surface area (Å²) in [5, 5.41) is 23.1. The van der Waals surface area contributed by atoms with Gasteiger partial charge < -0.3 is 20.8 Å². The summed E-state index contributed by atoms with van der Waals surface area (Å²) in [5.41, 5.74) is -2.45. The number of carbonyl (C=O) groups excluding carboxylic acids is 2. The summed E-state index contributed by atoms with van der Waals surface area (Å²) in [6.45, 7) is 6.52. The lowest BCUT2D eigenvalue weighted by molar-refractivity contribution is -0.156. The van der Waals surface area contributed by atoms with Crippen molar-refractivity contribution in [3.63, 3.8) is 0 Å². The average Bonchev–Trinajstić information content (AvgIpc) is 2.30. The third-order valence-electron chi connectivity index (χ3n) is 2.64. The summed E-state index contributed by atoms with van der Waals surface area (Å²) in [6.07, 6.45) is 0.600. The number of carbonyl (C=O) groups is 3. The standard InChI is InChI=1S/C13H24N2O5/c1-12(2,3)10(17)14-7-5-6-9(16)15-8-13(4,20)11(18)19/h20H,5-8H2,1-4H3,(H,14,17)(H,15,16)(H,18,19). The Morgan fingerprint density at radius 1 is 1.05 bits per heavy atom. The first-order chi connectivity index (χ1) is 8.97. The molecule has 1 unspecified atom stereocenters. The lowest BCUT2D eigenvalue weighted by Crippen LogP contribution is -2.46. The predicted octanol–water partition coefficient (Wildman–Crippen LogP) is -0.119. The monoisotopic (exact) mass is 288 g/mol. The molecule has 7 heteroatoms. The van der Waals surface area contributed by atoms with E-state index in [-0.39, 0.29) is 24.8 Å². The molecular weight excluding hydrogens is 264 g/mol. The normalized spacial score (nSPS) is 14.2. The zero-order valence-electron chi connectivity index (χ0n) is 12.4. The zero-order chi connectivity index (χ0) is 16.0. The van der Waals surface area contributed by atoms with Crippen LogP contribution in [0, 0.1) is 5.41 Å². The van der Waals surface area contributed by atoms with Crippen LogP contribution in [0.2, 0.25) is 0 Å². The Labute approximate surface area is 118 Å². The number of hydrogen-bond donors (Lipinski definition) is 4. The smallest absolute Gasteiger partial charge is 0.337 e. The minimum absolute atomic E-state index is 0.0910. The van der Waals surface area contributed by atoms with Gasteiger partial charge in [-0.2, -0.15) is 0 Å². The summed E-state index contributed by atoms with van der Waals surface area (Å²) < 4.78 is 0. The molecule has 0 aromatic carbocycles. The minimum atomic E-state index is -1.98. The Morgan fingerprint density at radius 2 is 1.60 bits per heavy atom. The molecule has 20 heavy (non-hydrogen) atoms. The number of aliphatic hydroxyl groups is 1. The van der Waals surface area contributed by atoms with Gasteiger partial charge in [-0.3, -0.25) is 9.59 Å². The Kier molecular flexibility index (Phi) is 6.64. The number of aliphatic carboxylic acids is 1. The van der Waals surface area contributed by atoms with Crippen LogP contribution in [0.25, 0.3) is 0 Å². The van der Waals surface area contributed by atoms with Crippen molar-refractivity contribution in [2.45, 2.75) is 46.1 Å². The van der Waals surface area contributed by atoms with Crippen LogP contribution in [0.1, 0.15) is 40.5 Å². The highest BCUT2D eigenvalue weighted by molar-refractivity contribution is 5.81. The van der Waals surface area contributed by atoms with Gasteiger partial charge in [-0.25, -0.2) is 4.79 Å². The molecule has 116 valence electrons. The van der Waals surface area contributed by atoms with Crippen LogP contribution in [0.5, 0.6) is 0 Å². The van der Waals surface area contributed by atoms with Crippen molar-refractivity contribution in [3.05, 3.63) is 0 Å². The van der Waals surface area contributed by atoms with Crippen LogP contribution >= 0.6 is 0 Å². The molecule has 0 radical (unpaired) electrons. The number of nitrogens with one attached hydrogen (secondary N) is 2. The first-order valence-electron chi connectivity index (χ1n) is 6.47. The molecule has 2 amide bonds. The molecule has 0 spiro atoms. The van der Waals surface area contributed by atoms with E-state index >= 15 is 0 Å². The van der Waals surface area contributed by atoms with E-state index in [2.05, 4.69) is 10.6 Å². The molecule has 0 aliphatic carbocycles. The Bertz CT molecular complexity index is 371. The van der Waals surface area contributed by atoms with E-state index in [1.165, 1.54) is 0 Å². The van der Waals surface area contributed by atoms with Crippen molar-refractivity contribution < 1.29 is 24.6 Å². The largest absolute Gasteiger partial charge is 0.479 e. The molecule has 0 fully saturated rings. The van der Waals surface area contributed by atoms with E-state index in [1.807, 2.05) is 0 Å². The van der Waals surface area contributed by atoms with E-state index in [4.69, 9.17) is 5.11 Å². The van der Waals surface area contributed by atoms with Crippen LogP contribution in [0.4, 0.5) is 0 Å². The van der Waals surface area contributed by atoms with Gasteiger partial charge in [0.05, 0.1) is 6.54 Å². The molecular formula is C13H24N2O5. The number of hydrogen-bond acceptors (Lipinski definition) is 4. The average molecular weight is 288 g/mol. The lowest BCUT2D eigenvalue weighted by Gasteiger charge is -2.19. The van der Waals surface area contributed by atoms with Gasteiger partial charge >= 0.3 is 5.97 Å². The molecule has 0 aliphatic heterocycles. The first kappa shape index (κ1) is 18.4. The Morgan fingerprint density at radius 3 is 2.05 bits per heavy atom. The van der Waals surface area contributed by atoms with Gasteiger partial charge in [-0.05, 0) is 13.3 Å². The van der Waals surface area contributed by atoms with Gasteiger partial charge in [0.15, 0.2) is 5.60 Å². The molecule has 0 aliphatic rings. The van der Waals surface area contributed by atoms with E-state index in [1.54, 1.807) is 20.8 Å². The SMILES string of the molecule is CC(C)(C)C(=O)NCCCC(=O)NCC(C)(O)C(=O)O. The molecule has 0 heterocycles. The maximum Gasteiger partial charge on any atom is 0.337 e. The van der Waals surface area contributed by atoms with Crippen molar-refractivity contribution in [3.8, 4) is 0 Å². The number of carboxylic acid groups (broad SMARTS) is 1. The highest BCUT2D eigenvalue weighted by Crippen LogP contribution is 2.12. The first-order valence-corrected chi connectivity index (χ1v) is 6.47. The van der Waals surface area contributed by atoms with Gasteiger partial charge in [0, 0.05) is 18.4 Å². The van der Waals surface area contributed by atoms with Crippen molar-refractivity contribution in [1.82, 2.24) is 10.6 Å².